The lowest BCUT2D eigenvalue weighted by Gasteiger charge is -2.27. The number of rotatable bonds is 72. The predicted molar refractivity (Wildman–Crippen MR) is 393 cm³/mol. The quantitative estimate of drug-likeness (QED) is 0.0371. The van der Waals surface area contributed by atoms with Crippen molar-refractivity contribution in [2.24, 2.45) is 0 Å². The van der Waals surface area contributed by atoms with Crippen molar-refractivity contribution in [3.8, 4) is 0 Å². The van der Waals surface area contributed by atoms with Crippen molar-refractivity contribution in [1.29, 1.82) is 0 Å². The zero-order valence-electron chi connectivity index (χ0n) is 61.2. The molecule has 0 aliphatic heterocycles. The lowest BCUT2D eigenvalue weighted by atomic mass is 10.0. The van der Waals surface area contributed by atoms with Crippen LogP contribution in [0.25, 0.3) is 0 Å². The zero-order chi connectivity index (χ0) is 65.1. The molecule has 0 amide bonds. The van der Waals surface area contributed by atoms with Gasteiger partial charge in [-0.2, -0.15) is 0 Å². The summed E-state index contributed by atoms with van der Waals surface area (Å²) in [6.45, 7) is 16.5. The largest absolute Gasteiger partial charge is 0.494 e. The van der Waals surface area contributed by atoms with Crippen molar-refractivity contribution in [1.82, 2.24) is 0 Å². The predicted octanol–water partition coefficient (Wildman–Crippen LogP) is 28.1. The third-order valence-electron chi connectivity index (χ3n) is 18.4. The molecule has 2 aromatic rings. The molecular weight excluding hydrogens is 1120 g/mol. The van der Waals surface area contributed by atoms with Crippen LogP contribution in [0.2, 0.25) is 0 Å². The smallest absolute Gasteiger partial charge is 0.167 e. The molecule has 0 bridgehead atoms. The summed E-state index contributed by atoms with van der Waals surface area (Å²) in [5, 5.41) is 0. The molecule has 0 N–H and O–H groups in total. The van der Waals surface area contributed by atoms with E-state index in [1.165, 1.54) is 283 Å². The molecule has 0 fully saturated rings. The second-order valence-corrected chi connectivity index (χ2v) is 27.1. The highest BCUT2D eigenvalue weighted by atomic mass is 16.7. The number of hydrogen-bond acceptors (Lipinski definition) is 7. The molecule has 7 nitrogen and oxygen atoms in total. The average Bonchev–Trinajstić information content (AvgIpc) is 3.27. The summed E-state index contributed by atoms with van der Waals surface area (Å²) in [5.41, 5.74) is 2.09. The second-order valence-electron chi connectivity index (χ2n) is 27.1. The maximum atomic E-state index is 7.09. The van der Waals surface area contributed by atoms with Crippen LogP contribution in [0.3, 0.4) is 0 Å². The van der Waals surface area contributed by atoms with Crippen LogP contribution in [0.15, 0.2) is 83.7 Å². The van der Waals surface area contributed by atoms with Crippen molar-refractivity contribution >= 4 is 0 Å². The number of hydrogen-bond donors (Lipinski definition) is 0. The van der Waals surface area contributed by atoms with Gasteiger partial charge < -0.3 is 33.2 Å². The van der Waals surface area contributed by atoms with Gasteiger partial charge in [-0.1, -0.05) is 398 Å². The van der Waals surface area contributed by atoms with Gasteiger partial charge in [0.2, 0.25) is 0 Å². The highest BCUT2D eigenvalue weighted by Crippen LogP contribution is 2.35. The Morgan fingerprint density at radius 2 is 0.451 bits per heavy atom. The fourth-order valence-electron chi connectivity index (χ4n) is 12.6. The van der Waals surface area contributed by atoms with E-state index in [-0.39, 0.29) is 13.6 Å². The van der Waals surface area contributed by atoms with E-state index >= 15 is 0 Å². The van der Waals surface area contributed by atoms with Crippen LogP contribution in [0, 0.1) is 0 Å². The lowest BCUT2D eigenvalue weighted by Crippen LogP contribution is -2.19. The topological polar surface area (TPSA) is 64.6 Å². The fourth-order valence-corrected chi connectivity index (χ4v) is 12.6. The van der Waals surface area contributed by atoms with Crippen LogP contribution < -0.4 is 0 Å². The molecule has 0 aliphatic rings. The minimum atomic E-state index is -0.500. The molecular formula is C84H150O7. The van der Waals surface area contributed by atoms with Gasteiger partial charge in [0.15, 0.2) is 25.1 Å². The van der Waals surface area contributed by atoms with Crippen LogP contribution in [0.4, 0.5) is 0 Å². The van der Waals surface area contributed by atoms with Crippen LogP contribution in [-0.2, 0) is 33.2 Å². The molecule has 2 aromatic carbocycles. The summed E-state index contributed by atoms with van der Waals surface area (Å²) in [4.78, 5) is 0. The van der Waals surface area contributed by atoms with E-state index in [0.717, 1.165) is 98.4 Å². The van der Waals surface area contributed by atoms with Crippen LogP contribution in [-0.4, -0.2) is 40.0 Å². The molecule has 0 aromatic heterocycles. The summed E-state index contributed by atoms with van der Waals surface area (Å²) in [6, 6.07) is 21.3. The Morgan fingerprint density at radius 1 is 0.242 bits per heavy atom. The minimum Gasteiger partial charge on any atom is -0.494 e. The van der Waals surface area contributed by atoms with E-state index in [1.54, 1.807) is 0 Å². The SMILES string of the molecule is CCCCCCCCCCCCC(OCCCCCCCCCC)=C(OCCCCCCCCCC)C(OCOCOC(C(OCCCCCCCCCC)=C(CCCCCCCCCCCC)OCCCCCCCCCC)c1ccccc1)c1ccccc1. The Bertz CT molecular complexity index is 1700. The van der Waals surface area contributed by atoms with Crippen molar-refractivity contribution in [2.75, 3.05) is 40.0 Å². The Labute approximate surface area is 565 Å². The number of unbranched alkanes of at least 4 members (excludes halogenated alkanes) is 46. The van der Waals surface area contributed by atoms with Crippen LogP contribution in [0.5, 0.6) is 0 Å². The second kappa shape index (κ2) is 67.0. The molecule has 0 aliphatic carbocycles. The maximum absolute atomic E-state index is 7.09. The third-order valence-corrected chi connectivity index (χ3v) is 18.4. The Balaban J connectivity index is 2.54. The number of allylic oxidation sites excluding steroid dienone is 2. The summed E-state index contributed by atoms with van der Waals surface area (Å²) >= 11 is 0. The van der Waals surface area contributed by atoms with Gasteiger partial charge in [-0.05, 0) is 49.7 Å². The standard InChI is InChI=1S/C84H150O7/c1-7-13-19-25-31-37-39-41-47-59-69-79(86-71-61-49-43-33-27-21-15-9-3)83(88-73-63-51-45-35-29-23-17-11-5)81(77-65-55-53-56-66-77)90-75-85-76-91-82(78-67-57-54-58-68-78)84(89-74-64-52-46-36-30-24-18-12-6)80(87-72-62-50-44-34-28-22-16-10-4)70-60-48-42-40-38-32-26-20-14-8-2/h53-58,65-68,81-82H,7-52,59-64,69-76H2,1-6H3. The van der Waals surface area contributed by atoms with E-state index in [0.29, 0.717) is 26.4 Å². The highest BCUT2D eigenvalue weighted by Gasteiger charge is 2.28. The van der Waals surface area contributed by atoms with Gasteiger partial charge in [0.25, 0.3) is 0 Å². The van der Waals surface area contributed by atoms with Crippen LogP contribution >= 0.6 is 0 Å². The zero-order valence-corrected chi connectivity index (χ0v) is 61.2. The van der Waals surface area contributed by atoms with Crippen molar-refractivity contribution in [3.05, 3.63) is 94.8 Å². The lowest BCUT2D eigenvalue weighted by molar-refractivity contribution is -0.168. The Kier molecular flexibility index (Phi) is 61.9. The first-order chi connectivity index (χ1) is 45.1. The Hall–Kier alpha value is -3.00. The monoisotopic (exact) mass is 1270 g/mol. The van der Waals surface area contributed by atoms with Crippen LogP contribution in [0.1, 0.15) is 412 Å². The van der Waals surface area contributed by atoms with E-state index < -0.39 is 12.2 Å². The highest BCUT2D eigenvalue weighted by molar-refractivity contribution is 5.27. The van der Waals surface area contributed by atoms with Gasteiger partial charge in [0.1, 0.15) is 23.7 Å². The molecule has 0 heterocycles. The maximum Gasteiger partial charge on any atom is 0.167 e. The molecule has 91 heavy (non-hydrogen) atoms. The molecule has 0 radical (unpaired) electrons. The molecule has 0 saturated carbocycles. The third kappa shape index (κ3) is 49.2. The Morgan fingerprint density at radius 3 is 0.692 bits per heavy atom. The van der Waals surface area contributed by atoms with Gasteiger partial charge in [-0.25, -0.2) is 0 Å². The fraction of sp³-hybridized carbons (Fsp3) is 0.810. The number of benzene rings is 2. The molecule has 2 unspecified atom stereocenters. The van der Waals surface area contributed by atoms with E-state index in [2.05, 4.69) is 102 Å². The average molecular weight is 1270 g/mol. The first-order valence-corrected chi connectivity index (χ1v) is 40.0. The van der Waals surface area contributed by atoms with Crippen molar-refractivity contribution in [2.45, 2.75) is 400 Å². The van der Waals surface area contributed by atoms with E-state index in [4.69, 9.17) is 33.2 Å². The van der Waals surface area contributed by atoms with Gasteiger partial charge in [-0.3, -0.25) is 0 Å². The molecule has 0 saturated heterocycles. The molecule has 528 valence electrons. The van der Waals surface area contributed by atoms with Gasteiger partial charge in [0.05, 0.1) is 26.4 Å². The summed E-state index contributed by atoms with van der Waals surface area (Å²) < 4.78 is 48.8. The number of ether oxygens (including phenoxy) is 7. The van der Waals surface area contributed by atoms with Gasteiger partial charge in [-0.15, -0.1) is 0 Å². The van der Waals surface area contributed by atoms with E-state index in [1.807, 2.05) is 0 Å². The molecule has 0 spiro atoms. The molecule has 2 rings (SSSR count). The van der Waals surface area contributed by atoms with Gasteiger partial charge >= 0.3 is 0 Å². The van der Waals surface area contributed by atoms with Crippen molar-refractivity contribution in [3.63, 3.8) is 0 Å². The van der Waals surface area contributed by atoms with Gasteiger partial charge in [0, 0.05) is 12.8 Å². The minimum absolute atomic E-state index is 0.0217. The first kappa shape index (κ1) is 84.1. The van der Waals surface area contributed by atoms with E-state index in [9.17, 15) is 0 Å². The summed E-state index contributed by atoms with van der Waals surface area (Å²) in [7, 11) is 0. The van der Waals surface area contributed by atoms with Crippen molar-refractivity contribution < 1.29 is 33.2 Å². The molecule has 7 heteroatoms. The summed E-state index contributed by atoms with van der Waals surface area (Å²) in [6.07, 6.45) is 66.8. The normalized spacial score (nSPS) is 12.9. The molecule has 2 atom stereocenters. The summed E-state index contributed by atoms with van der Waals surface area (Å²) in [5.74, 6) is 3.56. The first-order valence-electron chi connectivity index (χ1n) is 40.0.